The molecule has 4 rings (SSSR count). The van der Waals surface area contributed by atoms with Gasteiger partial charge in [-0.2, -0.15) is 0 Å². The van der Waals surface area contributed by atoms with Gasteiger partial charge in [0.2, 0.25) is 0 Å². The Labute approximate surface area is 120 Å². The Morgan fingerprint density at radius 1 is 1.25 bits per heavy atom. The molecule has 20 heavy (non-hydrogen) atoms. The second-order valence-electron chi connectivity index (χ2n) is 5.04. The molecule has 0 saturated heterocycles. The van der Waals surface area contributed by atoms with Gasteiger partial charge in [-0.1, -0.05) is 29.8 Å². The lowest BCUT2D eigenvalue weighted by Crippen LogP contribution is -2.19. The molecule has 0 fully saturated rings. The highest BCUT2D eigenvalue weighted by molar-refractivity contribution is 6.33. The highest BCUT2D eigenvalue weighted by Gasteiger charge is 2.19. The van der Waals surface area contributed by atoms with Gasteiger partial charge in [-0.25, -0.2) is 9.50 Å². The summed E-state index contributed by atoms with van der Waals surface area (Å²) in [5.41, 5.74) is 4.14. The van der Waals surface area contributed by atoms with Crippen LogP contribution in [0.4, 0.5) is 0 Å². The molecule has 0 bridgehead atoms. The number of hydrogen-bond acceptors (Lipinski definition) is 2. The minimum atomic E-state index is 0.0146. The van der Waals surface area contributed by atoms with Crippen LogP contribution in [0.3, 0.4) is 0 Å². The van der Waals surface area contributed by atoms with E-state index in [1.165, 1.54) is 4.52 Å². The average Bonchev–Trinajstić information content (AvgIpc) is 3.06. The van der Waals surface area contributed by atoms with E-state index < -0.39 is 0 Å². The summed E-state index contributed by atoms with van der Waals surface area (Å²) in [4.78, 5) is 17.0. The monoisotopic (exact) mass is 285 g/mol. The highest BCUT2D eigenvalue weighted by Crippen LogP contribution is 2.27. The second-order valence-corrected chi connectivity index (χ2v) is 5.45. The van der Waals surface area contributed by atoms with E-state index in [1.54, 1.807) is 0 Å². The summed E-state index contributed by atoms with van der Waals surface area (Å²) >= 11 is 6.20. The fourth-order valence-corrected chi connectivity index (χ4v) is 3.05. The number of hydrogen-bond donors (Lipinski definition) is 1. The Bertz CT molecular complexity index is 878. The summed E-state index contributed by atoms with van der Waals surface area (Å²) in [6.45, 7) is 0. The molecular formula is C15H12ClN3O. The van der Waals surface area contributed by atoms with Crippen molar-refractivity contribution in [1.29, 1.82) is 0 Å². The summed E-state index contributed by atoms with van der Waals surface area (Å²) in [7, 11) is 0. The van der Waals surface area contributed by atoms with Crippen LogP contribution in [0.5, 0.6) is 0 Å². The van der Waals surface area contributed by atoms with Crippen molar-refractivity contribution in [2.24, 2.45) is 0 Å². The van der Waals surface area contributed by atoms with Crippen molar-refractivity contribution in [1.82, 2.24) is 14.6 Å². The molecule has 1 N–H and O–H groups in total. The molecule has 0 saturated carbocycles. The highest BCUT2D eigenvalue weighted by atomic mass is 35.5. The van der Waals surface area contributed by atoms with E-state index in [-0.39, 0.29) is 5.56 Å². The van der Waals surface area contributed by atoms with Crippen LogP contribution in [0.2, 0.25) is 5.02 Å². The molecule has 0 unspecified atom stereocenters. The molecule has 3 aromatic rings. The topological polar surface area (TPSA) is 50.2 Å². The Morgan fingerprint density at radius 3 is 2.95 bits per heavy atom. The zero-order chi connectivity index (χ0) is 13.7. The normalized spacial score (nSPS) is 13.8. The van der Waals surface area contributed by atoms with Crippen LogP contribution in [0.25, 0.3) is 16.9 Å². The van der Waals surface area contributed by atoms with E-state index in [9.17, 15) is 4.79 Å². The third kappa shape index (κ3) is 1.61. The number of aryl methyl sites for hydroxylation is 1. The van der Waals surface area contributed by atoms with E-state index >= 15 is 0 Å². The van der Waals surface area contributed by atoms with Gasteiger partial charge in [-0.05, 0) is 25.3 Å². The average molecular weight is 286 g/mol. The first-order valence-corrected chi connectivity index (χ1v) is 7.00. The number of aromatic nitrogens is 3. The number of nitrogens with one attached hydrogen (secondary N) is 1. The molecule has 5 heteroatoms. The van der Waals surface area contributed by atoms with Crippen molar-refractivity contribution >= 4 is 17.2 Å². The van der Waals surface area contributed by atoms with Gasteiger partial charge in [0.05, 0.1) is 11.4 Å². The number of benzene rings is 1. The minimum Gasteiger partial charge on any atom is -0.289 e. The van der Waals surface area contributed by atoms with Crippen LogP contribution in [-0.4, -0.2) is 14.6 Å². The molecular weight excluding hydrogens is 274 g/mol. The minimum absolute atomic E-state index is 0.0146. The van der Waals surface area contributed by atoms with Crippen LogP contribution < -0.4 is 5.56 Å². The predicted octanol–water partition coefficient (Wildman–Crippen LogP) is 2.83. The van der Waals surface area contributed by atoms with Gasteiger partial charge in [0.15, 0.2) is 5.65 Å². The molecule has 1 aliphatic rings. The van der Waals surface area contributed by atoms with E-state index in [0.717, 1.165) is 41.8 Å². The number of rotatable bonds is 1. The maximum Gasteiger partial charge on any atom is 0.276 e. The second kappa shape index (κ2) is 4.21. The Morgan fingerprint density at radius 2 is 2.10 bits per heavy atom. The quantitative estimate of drug-likeness (QED) is 0.747. The summed E-state index contributed by atoms with van der Waals surface area (Å²) in [5, 5.41) is 3.76. The van der Waals surface area contributed by atoms with Crippen molar-refractivity contribution < 1.29 is 0 Å². The zero-order valence-corrected chi connectivity index (χ0v) is 11.4. The fraction of sp³-hybridized carbons (Fsp3) is 0.200. The fourth-order valence-electron chi connectivity index (χ4n) is 2.81. The van der Waals surface area contributed by atoms with Crippen molar-refractivity contribution in [3.8, 4) is 11.3 Å². The molecule has 100 valence electrons. The third-order valence-electron chi connectivity index (χ3n) is 3.80. The van der Waals surface area contributed by atoms with Gasteiger partial charge in [0, 0.05) is 22.2 Å². The molecule has 1 aromatic carbocycles. The van der Waals surface area contributed by atoms with Crippen LogP contribution in [-0.2, 0) is 12.8 Å². The lowest BCUT2D eigenvalue weighted by atomic mass is 10.1. The molecule has 0 spiro atoms. The summed E-state index contributed by atoms with van der Waals surface area (Å²) in [6.07, 6.45) is 2.74. The molecule has 2 heterocycles. The van der Waals surface area contributed by atoms with Crippen LogP contribution in [0.1, 0.15) is 17.7 Å². The lowest BCUT2D eigenvalue weighted by Gasteiger charge is -2.00. The SMILES string of the molecule is O=c1c2c(nc3cc(-c4ccccc4Cl)[nH]n13)CCC2. The molecule has 4 nitrogen and oxygen atoms in total. The largest absolute Gasteiger partial charge is 0.289 e. The van der Waals surface area contributed by atoms with Gasteiger partial charge in [0.1, 0.15) is 0 Å². The summed E-state index contributed by atoms with van der Waals surface area (Å²) < 4.78 is 1.52. The van der Waals surface area contributed by atoms with E-state index in [1.807, 2.05) is 30.3 Å². The van der Waals surface area contributed by atoms with Gasteiger partial charge >= 0.3 is 0 Å². The van der Waals surface area contributed by atoms with Crippen molar-refractivity contribution in [2.75, 3.05) is 0 Å². The number of aromatic amines is 1. The summed E-state index contributed by atoms with van der Waals surface area (Å²) in [6, 6.07) is 9.43. The van der Waals surface area contributed by atoms with Crippen LogP contribution in [0, 0.1) is 0 Å². The Hall–Kier alpha value is -2.07. The van der Waals surface area contributed by atoms with Crippen molar-refractivity contribution in [3.05, 3.63) is 57.0 Å². The van der Waals surface area contributed by atoms with Gasteiger partial charge in [-0.3, -0.25) is 9.89 Å². The molecule has 0 radical (unpaired) electrons. The number of halogens is 1. The van der Waals surface area contributed by atoms with Crippen molar-refractivity contribution in [2.45, 2.75) is 19.3 Å². The van der Waals surface area contributed by atoms with Crippen molar-refractivity contribution in [3.63, 3.8) is 0 Å². The molecule has 0 atom stereocenters. The first kappa shape index (κ1) is 11.7. The van der Waals surface area contributed by atoms with Crippen LogP contribution in [0.15, 0.2) is 35.1 Å². The lowest BCUT2D eigenvalue weighted by molar-refractivity contribution is 0.873. The molecule has 0 amide bonds. The Balaban J connectivity index is 1.99. The maximum absolute atomic E-state index is 12.4. The number of nitrogens with zero attached hydrogens (tertiary/aromatic N) is 2. The number of H-pyrrole nitrogens is 1. The van der Waals surface area contributed by atoms with Gasteiger partial charge < -0.3 is 0 Å². The van der Waals surface area contributed by atoms with E-state index in [0.29, 0.717) is 10.7 Å². The van der Waals surface area contributed by atoms with E-state index in [2.05, 4.69) is 10.1 Å². The van der Waals surface area contributed by atoms with E-state index in [4.69, 9.17) is 11.6 Å². The van der Waals surface area contributed by atoms with Crippen LogP contribution >= 0.6 is 11.6 Å². The summed E-state index contributed by atoms with van der Waals surface area (Å²) in [5.74, 6) is 0. The maximum atomic E-state index is 12.4. The first-order valence-electron chi connectivity index (χ1n) is 6.62. The molecule has 0 aliphatic heterocycles. The third-order valence-corrected chi connectivity index (χ3v) is 4.13. The smallest absolute Gasteiger partial charge is 0.276 e. The standard InChI is InChI=1S/C15H12ClN3O/c16-11-6-2-1-4-9(11)13-8-14-17-12-7-3-5-10(12)15(20)19(14)18-13/h1-2,4,6,8,18H,3,5,7H2. The zero-order valence-electron chi connectivity index (χ0n) is 10.7. The van der Waals surface area contributed by atoms with Gasteiger partial charge in [0.25, 0.3) is 5.56 Å². The Kier molecular flexibility index (Phi) is 2.47. The van der Waals surface area contributed by atoms with Gasteiger partial charge in [-0.15, -0.1) is 0 Å². The predicted molar refractivity (Wildman–Crippen MR) is 78.3 cm³/mol. The molecule has 1 aliphatic carbocycles. The first-order chi connectivity index (χ1) is 9.74. The number of fused-ring (bicyclic) bond motifs is 2. The molecule has 2 aromatic heterocycles.